The summed E-state index contributed by atoms with van der Waals surface area (Å²) in [6.07, 6.45) is 0.724. The number of hydrogen-bond donors (Lipinski definition) is 1. The van der Waals surface area contributed by atoms with E-state index in [2.05, 4.69) is 31.9 Å². The number of nitrogens with zero attached hydrogens (tertiary/aromatic N) is 1. The molecule has 0 unspecified atom stereocenters. The van der Waals surface area contributed by atoms with Crippen molar-refractivity contribution >= 4 is 53.2 Å². The Kier molecular flexibility index (Phi) is 3.78. The minimum absolute atomic E-state index is 0.0457. The standard InChI is InChI=1S/C8H10Br2N2O2S2/c9-7-3-6(8(10)15-7)16(13,14)12-2-1-5(11)4-12/h3,5H,1-2,4,11H2/t5-/m0/s1. The normalized spacial score (nSPS) is 22.8. The molecule has 2 N–H and O–H groups in total. The zero-order valence-corrected chi connectivity index (χ0v) is 13.0. The first-order valence-corrected chi connectivity index (χ1v) is 8.46. The summed E-state index contributed by atoms with van der Waals surface area (Å²) < 4.78 is 27.3. The minimum Gasteiger partial charge on any atom is -0.326 e. The van der Waals surface area contributed by atoms with E-state index in [0.717, 1.165) is 10.2 Å². The molecule has 1 fully saturated rings. The van der Waals surface area contributed by atoms with Gasteiger partial charge in [-0.25, -0.2) is 8.42 Å². The van der Waals surface area contributed by atoms with E-state index in [0.29, 0.717) is 21.8 Å². The summed E-state index contributed by atoms with van der Waals surface area (Å²) in [6.45, 7) is 0.908. The van der Waals surface area contributed by atoms with Crippen LogP contribution in [0.4, 0.5) is 0 Å². The third kappa shape index (κ3) is 2.37. The highest BCUT2D eigenvalue weighted by Crippen LogP contribution is 2.36. The predicted molar refractivity (Wildman–Crippen MR) is 71.1 cm³/mol. The third-order valence-electron chi connectivity index (χ3n) is 2.43. The monoisotopic (exact) mass is 388 g/mol. The molecule has 1 aliphatic rings. The van der Waals surface area contributed by atoms with Gasteiger partial charge in [-0.15, -0.1) is 11.3 Å². The van der Waals surface area contributed by atoms with Crippen LogP contribution in [0.25, 0.3) is 0 Å². The van der Waals surface area contributed by atoms with Crippen molar-refractivity contribution in [2.24, 2.45) is 5.73 Å². The fourth-order valence-electron chi connectivity index (χ4n) is 1.61. The average molecular weight is 390 g/mol. The van der Waals surface area contributed by atoms with Crippen molar-refractivity contribution in [1.29, 1.82) is 0 Å². The summed E-state index contributed by atoms with van der Waals surface area (Å²) in [6, 6.07) is 1.57. The Labute approximate surface area is 115 Å². The molecule has 8 heteroatoms. The van der Waals surface area contributed by atoms with Gasteiger partial charge in [-0.1, -0.05) is 0 Å². The zero-order chi connectivity index (χ0) is 11.9. The molecule has 1 atom stereocenters. The van der Waals surface area contributed by atoms with Crippen molar-refractivity contribution < 1.29 is 8.42 Å². The Balaban J connectivity index is 2.36. The molecular formula is C8H10Br2N2O2S2. The smallest absolute Gasteiger partial charge is 0.245 e. The number of thiophene rings is 1. The van der Waals surface area contributed by atoms with Crippen molar-refractivity contribution in [1.82, 2.24) is 4.31 Å². The molecule has 1 saturated heterocycles. The van der Waals surface area contributed by atoms with Crippen LogP contribution in [0, 0.1) is 0 Å². The van der Waals surface area contributed by atoms with Crippen LogP contribution >= 0.6 is 43.2 Å². The number of hydrogen-bond acceptors (Lipinski definition) is 4. The summed E-state index contributed by atoms with van der Waals surface area (Å²) in [5.74, 6) is 0. The Morgan fingerprint density at radius 3 is 2.62 bits per heavy atom. The van der Waals surface area contributed by atoms with E-state index in [4.69, 9.17) is 5.73 Å². The molecule has 0 bridgehead atoms. The molecule has 1 aromatic rings. The lowest BCUT2D eigenvalue weighted by Crippen LogP contribution is -2.31. The zero-order valence-electron chi connectivity index (χ0n) is 8.19. The van der Waals surface area contributed by atoms with Crippen LogP contribution in [0.5, 0.6) is 0 Å². The Hall–Kier alpha value is 0.530. The second-order valence-electron chi connectivity index (χ2n) is 3.60. The molecule has 16 heavy (non-hydrogen) atoms. The van der Waals surface area contributed by atoms with Crippen molar-refractivity contribution in [3.8, 4) is 0 Å². The van der Waals surface area contributed by atoms with Crippen molar-refractivity contribution in [2.45, 2.75) is 17.4 Å². The molecule has 0 aromatic carbocycles. The van der Waals surface area contributed by atoms with E-state index in [-0.39, 0.29) is 6.04 Å². The van der Waals surface area contributed by atoms with Gasteiger partial charge < -0.3 is 5.73 Å². The minimum atomic E-state index is -3.39. The van der Waals surface area contributed by atoms with Gasteiger partial charge in [0.1, 0.15) is 4.90 Å². The van der Waals surface area contributed by atoms with Gasteiger partial charge in [0.25, 0.3) is 0 Å². The number of rotatable bonds is 2. The maximum Gasteiger partial charge on any atom is 0.245 e. The SMILES string of the molecule is N[C@H]1CCN(S(=O)(=O)c2cc(Br)sc2Br)C1. The first-order chi connectivity index (χ1) is 7.41. The average Bonchev–Trinajstić information content (AvgIpc) is 2.73. The summed E-state index contributed by atoms with van der Waals surface area (Å²) in [5, 5.41) is 0. The highest BCUT2D eigenvalue weighted by atomic mass is 79.9. The van der Waals surface area contributed by atoms with Crippen LogP contribution in [-0.4, -0.2) is 31.9 Å². The molecule has 0 saturated carbocycles. The van der Waals surface area contributed by atoms with Gasteiger partial charge in [-0.3, -0.25) is 0 Å². The molecule has 90 valence electrons. The van der Waals surface area contributed by atoms with E-state index in [1.165, 1.54) is 15.6 Å². The first-order valence-electron chi connectivity index (χ1n) is 4.62. The molecule has 1 aromatic heterocycles. The molecular weight excluding hydrogens is 380 g/mol. The molecule has 1 aliphatic heterocycles. The molecule has 2 rings (SSSR count). The van der Waals surface area contributed by atoms with Crippen LogP contribution < -0.4 is 5.73 Å². The molecule has 0 amide bonds. The van der Waals surface area contributed by atoms with E-state index in [1.807, 2.05) is 0 Å². The van der Waals surface area contributed by atoms with Crippen LogP contribution in [0.1, 0.15) is 6.42 Å². The van der Waals surface area contributed by atoms with Crippen LogP contribution in [0.2, 0.25) is 0 Å². The fourth-order valence-corrected chi connectivity index (χ4v) is 6.89. The van der Waals surface area contributed by atoms with Gasteiger partial charge in [-0.05, 0) is 44.3 Å². The predicted octanol–water partition coefficient (Wildman–Crippen LogP) is 1.99. The van der Waals surface area contributed by atoms with E-state index in [9.17, 15) is 8.42 Å². The largest absolute Gasteiger partial charge is 0.326 e. The third-order valence-corrected chi connectivity index (χ3v) is 7.05. The number of sulfonamides is 1. The van der Waals surface area contributed by atoms with Gasteiger partial charge in [0.2, 0.25) is 10.0 Å². The van der Waals surface area contributed by atoms with Crippen molar-refractivity contribution in [3.63, 3.8) is 0 Å². The maximum atomic E-state index is 12.2. The van der Waals surface area contributed by atoms with Gasteiger partial charge >= 0.3 is 0 Å². The fraction of sp³-hybridized carbons (Fsp3) is 0.500. The van der Waals surface area contributed by atoms with Crippen LogP contribution in [0.15, 0.2) is 18.5 Å². The summed E-state index contributed by atoms with van der Waals surface area (Å²) in [7, 11) is -3.39. The highest BCUT2D eigenvalue weighted by molar-refractivity contribution is 9.12. The van der Waals surface area contributed by atoms with E-state index < -0.39 is 10.0 Å². The van der Waals surface area contributed by atoms with Crippen molar-refractivity contribution in [2.75, 3.05) is 13.1 Å². The molecule has 0 aliphatic carbocycles. The van der Waals surface area contributed by atoms with Crippen molar-refractivity contribution in [3.05, 3.63) is 13.6 Å². The Morgan fingerprint density at radius 2 is 2.19 bits per heavy atom. The van der Waals surface area contributed by atoms with Crippen LogP contribution in [0.3, 0.4) is 0 Å². The van der Waals surface area contributed by atoms with E-state index >= 15 is 0 Å². The van der Waals surface area contributed by atoms with Gasteiger partial charge in [0.05, 0.1) is 7.57 Å². The molecule has 2 heterocycles. The highest BCUT2D eigenvalue weighted by Gasteiger charge is 2.33. The van der Waals surface area contributed by atoms with E-state index in [1.54, 1.807) is 6.07 Å². The maximum absolute atomic E-state index is 12.2. The second-order valence-corrected chi connectivity index (χ2v) is 9.26. The molecule has 4 nitrogen and oxygen atoms in total. The molecule has 0 radical (unpaired) electrons. The van der Waals surface area contributed by atoms with Gasteiger partial charge in [0, 0.05) is 19.1 Å². The summed E-state index contributed by atoms with van der Waals surface area (Å²) in [5.41, 5.74) is 5.72. The van der Waals surface area contributed by atoms with Crippen LogP contribution in [-0.2, 0) is 10.0 Å². The Morgan fingerprint density at radius 1 is 1.50 bits per heavy atom. The lowest BCUT2D eigenvalue weighted by atomic mass is 10.3. The quantitative estimate of drug-likeness (QED) is 0.841. The molecule has 0 spiro atoms. The number of nitrogens with two attached hydrogens (primary N) is 1. The lowest BCUT2D eigenvalue weighted by molar-refractivity contribution is 0.472. The number of halogens is 2. The Bertz CT molecular complexity index is 500. The summed E-state index contributed by atoms with van der Waals surface area (Å²) in [4.78, 5) is 0.318. The lowest BCUT2D eigenvalue weighted by Gasteiger charge is -2.14. The second kappa shape index (κ2) is 4.66. The summed E-state index contributed by atoms with van der Waals surface area (Å²) >= 11 is 7.90. The van der Waals surface area contributed by atoms with Gasteiger partial charge in [-0.2, -0.15) is 4.31 Å². The van der Waals surface area contributed by atoms with Gasteiger partial charge in [0.15, 0.2) is 0 Å². The topological polar surface area (TPSA) is 63.4 Å². The first kappa shape index (κ1) is 13.0.